The lowest BCUT2D eigenvalue weighted by Crippen LogP contribution is -2.29. The number of aliphatic hydroxyl groups excluding tert-OH is 1. The molecule has 2 N–H and O–H groups in total. The summed E-state index contributed by atoms with van der Waals surface area (Å²) in [4.78, 5) is 38.0. The van der Waals surface area contributed by atoms with Crippen molar-refractivity contribution in [3.8, 4) is 17.2 Å². The molecule has 1 atom stereocenters. The van der Waals surface area contributed by atoms with Crippen LogP contribution in [0.2, 0.25) is 0 Å². The van der Waals surface area contributed by atoms with E-state index in [1.165, 1.54) is 61.6 Å². The van der Waals surface area contributed by atoms with Crippen molar-refractivity contribution in [2.45, 2.75) is 6.04 Å². The molecule has 3 aromatic rings. The van der Waals surface area contributed by atoms with E-state index in [-0.39, 0.29) is 28.3 Å². The zero-order chi connectivity index (χ0) is 25.3. The number of non-ortho nitro benzene ring substituents is 1. The number of rotatable bonds is 6. The lowest BCUT2D eigenvalue weighted by molar-refractivity contribution is -0.384. The summed E-state index contributed by atoms with van der Waals surface area (Å²) in [7, 11) is 2.85. The van der Waals surface area contributed by atoms with Gasteiger partial charge in [0.1, 0.15) is 11.5 Å². The fourth-order valence-electron chi connectivity index (χ4n) is 3.92. The van der Waals surface area contributed by atoms with Gasteiger partial charge in [0.15, 0.2) is 11.5 Å². The molecule has 178 valence electrons. The first-order valence-corrected chi connectivity index (χ1v) is 10.3. The molecule has 1 fully saturated rings. The van der Waals surface area contributed by atoms with E-state index < -0.39 is 28.4 Å². The third kappa shape index (κ3) is 4.12. The van der Waals surface area contributed by atoms with E-state index in [1.807, 2.05) is 0 Å². The standard InChI is InChI=1S/C25H20N2O8/c1-34-18-10-8-16(9-11-18)26-22(15-5-12-19(28)20(13-15)35-2)21(24(30)25(26)31)23(29)14-3-6-17(7-4-14)27(32)33/h3-13,22,28-29H,1-2H3/b23-21-. The number of carbonyl (C=O) groups excluding carboxylic acids is 2. The van der Waals surface area contributed by atoms with Gasteiger partial charge in [-0.05, 0) is 54.1 Å². The van der Waals surface area contributed by atoms with Crippen LogP contribution in [0.15, 0.2) is 72.3 Å². The van der Waals surface area contributed by atoms with Gasteiger partial charge >= 0.3 is 0 Å². The summed E-state index contributed by atoms with van der Waals surface area (Å²) >= 11 is 0. The number of nitro benzene ring substituents is 1. The van der Waals surface area contributed by atoms with Gasteiger partial charge in [-0.1, -0.05) is 6.07 Å². The Morgan fingerprint density at radius 3 is 2.20 bits per heavy atom. The van der Waals surface area contributed by atoms with Crippen LogP contribution in [0.3, 0.4) is 0 Å². The SMILES string of the molecule is COc1ccc(N2C(=O)C(=O)/C(=C(\O)c3ccc([N+](=O)[O-])cc3)C2c2ccc(O)c(OC)c2)cc1. The van der Waals surface area contributed by atoms with Gasteiger partial charge in [0, 0.05) is 23.4 Å². The molecule has 1 aliphatic rings. The van der Waals surface area contributed by atoms with Gasteiger partial charge in [-0.3, -0.25) is 24.6 Å². The van der Waals surface area contributed by atoms with Crippen molar-refractivity contribution < 1.29 is 34.2 Å². The van der Waals surface area contributed by atoms with Crippen molar-refractivity contribution in [2.24, 2.45) is 0 Å². The molecular weight excluding hydrogens is 456 g/mol. The van der Waals surface area contributed by atoms with Crippen LogP contribution in [-0.4, -0.2) is 41.0 Å². The van der Waals surface area contributed by atoms with E-state index in [4.69, 9.17) is 9.47 Å². The van der Waals surface area contributed by atoms with Crippen molar-refractivity contribution in [2.75, 3.05) is 19.1 Å². The number of ketones is 1. The molecule has 0 spiro atoms. The molecule has 1 saturated heterocycles. The number of hydrogen-bond donors (Lipinski definition) is 2. The first kappa shape index (κ1) is 23.3. The maximum atomic E-state index is 13.2. The second-order valence-corrected chi connectivity index (χ2v) is 7.60. The number of Topliss-reactive ketones (excluding diaryl/α,β-unsaturated/α-hetero) is 1. The molecule has 1 amide bonds. The van der Waals surface area contributed by atoms with Crippen LogP contribution in [0, 0.1) is 10.1 Å². The number of benzene rings is 3. The normalized spacial score (nSPS) is 16.9. The average Bonchev–Trinajstić information content (AvgIpc) is 3.14. The number of hydrogen-bond acceptors (Lipinski definition) is 8. The molecule has 35 heavy (non-hydrogen) atoms. The van der Waals surface area contributed by atoms with Crippen LogP contribution in [0.1, 0.15) is 17.2 Å². The Hall–Kier alpha value is -4.86. The quantitative estimate of drug-likeness (QED) is 0.179. The van der Waals surface area contributed by atoms with Gasteiger partial charge in [-0.2, -0.15) is 0 Å². The Kier molecular flexibility index (Phi) is 6.11. The Morgan fingerprint density at radius 1 is 0.971 bits per heavy atom. The Bertz CT molecular complexity index is 1350. The Labute approximate surface area is 199 Å². The van der Waals surface area contributed by atoms with Crippen LogP contribution >= 0.6 is 0 Å². The number of phenols is 1. The van der Waals surface area contributed by atoms with E-state index in [0.29, 0.717) is 17.0 Å². The van der Waals surface area contributed by atoms with Crippen molar-refractivity contribution in [3.63, 3.8) is 0 Å². The number of anilines is 1. The topological polar surface area (TPSA) is 139 Å². The van der Waals surface area contributed by atoms with E-state index in [1.54, 1.807) is 24.3 Å². The summed E-state index contributed by atoms with van der Waals surface area (Å²) in [6, 6.07) is 14.7. The molecule has 1 unspecified atom stereocenters. The molecule has 0 aromatic heterocycles. The molecule has 0 radical (unpaired) electrons. The largest absolute Gasteiger partial charge is 0.507 e. The molecular formula is C25H20N2O8. The highest BCUT2D eigenvalue weighted by molar-refractivity contribution is 6.51. The summed E-state index contributed by atoms with van der Waals surface area (Å²) < 4.78 is 10.4. The number of ether oxygens (including phenoxy) is 2. The zero-order valence-electron chi connectivity index (χ0n) is 18.7. The molecule has 0 saturated carbocycles. The number of nitrogens with zero attached hydrogens (tertiary/aromatic N) is 2. The highest BCUT2D eigenvalue weighted by Gasteiger charge is 2.47. The van der Waals surface area contributed by atoms with E-state index in [2.05, 4.69) is 0 Å². The number of aliphatic hydroxyl groups is 1. The number of methoxy groups -OCH3 is 2. The van der Waals surface area contributed by atoms with E-state index in [9.17, 15) is 29.9 Å². The van der Waals surface area contributed by atoms with Crippen molar-refractivity contribution >= 4 is 28.8 Å². The maximum absolute atomic E-state index is 13.2. The summed E-state index contributed by atoms with van der Waals surface area (Å²) in [5.74, 6) is -1.80. The third-order valence-corrected chi connectivity index (χ3v) is 5.67. The minimum atomic E-state index is -1.08. The molecule has 10 nitrogen and oxygen atoms in total. The average molecular weight is 476 g/mol. The second-order valence-electron chi connectivity index (χ2n) is 7.60. The lowest BCUT2D eigenvalue weighted by atomic mass is 9.94. The molecule has 1 heterocycles. The minimum Gasteiger partial charge on any atom is -0.507 e. The van der Waals surface area contributed by atoms with Gasteiger partial charge in [-0.15, -0.1) is 0 Å². The molecule has 0 aliphatic carbocycles. The number of carbonyl (C=O) groups is 2. The minimum absolute atomic E-state index is 0.109. The van der Waals surface area contributed by atoms with Crippen molar-refractivity contribution in [1.82, 2.24) is 0 Å². The van der Waals surface area contributed by atoms with Gasteiger partial charge < -0.3 is 19.7 Å². The van der Waals surface area contributed by atoms with Crippen LogP contribution in [0.25, 0.3) is 5.76 Å². The monoisotopic (exact) mass is 476 g/mol. The van der Waals surface area contributed by atoms with Crippen molar-refractivity contribution in [3.05, 3.63) is 93.5 Å². The van der Waals surface area contributed by atoms with Gasteiger partial charge in [0.05, 0.1) is 30.8 Å². The first-order valence-electron chi connectivity index (χ1n) is 10.3. The second kappa shape index (κ2) is 9.18. The van der Waals surface area contributed by atoms with Crippen LogP contribution in [-0.2, 0) is 9.59 Å². The molecule has 1 aliphatic heterocycles. The summed E-state index contributed by atoms with van der Waals surface area (Å²) in [5.41, 5.74) is 0.470. The number of aromatic hydroxyl groups is 1. The Morgan fingerprint density at radius 2 is 1.63 bits per heavy atom. The van der Waals surface area contributed by atoms with E-state index >= 15 is 0 Å². The van der Waals surface area contributed by atoms with Crippen LogP contribution < -0.4 is 14.4 Å². The van der Waals surface area contributed by atoms with Gasteiger partial charge in [0.25, 0.3) is 17.4 Å². The van der Waals surface area contributed by atoms with Crippen LogP contribution in [0.5, 0.6) is 17.2 Å². The number of amides is 1. The van der Waals surface area contributed by atoms with E-state index in [0.717, 1.165) is 0 Å². The molecule has 3 aromatic carbocycles. The van der Waals surface area contributed by atoms with Crippen LogP contribution in [0.4, 0.5) is 11.4 Å². The summed E-state index contributed by atoms with van der Waals surface area (Å²) in [5, 5.41) is 32.1. The lowest BCUT2D eigenvalue weighted by Gasteiger charge is -2.26. The predicted molar refractivity (Wildman–Crippen MR) is 126 cm³/mol. The van der Waals surface area contributed by atoms with Gasteiger partial charge in [0.2, 0.25) is 0 Å². The molecule has 10 heteroatoms. The maximum Gasteiger partial charge on any atom is 0.300 e. The van der Waals surface area contributed by atoms with Gasteiger partial charge in [-0.25, -0.2) is 0 Å². The van der Waals surface area contributed by atoms with Crippen molar-refractivity contribution in [1.29, 1.82) is 0 Å². The third-order valence-electron chi connectivity index (χ3n) is 5.67. The summed E-state index contributed by atoms with van der Waals surface area (Å²) in [6.07, 6.45) is 0. The number of phenolic OH excluding ortho intramolecular Hbond substituents is 1. The fourth-order valence-corrected chi connectivity index (χ4v) is 3.92. The molecule has 4 rings (SSSR count). The smallest absolute Gasteiger partial charge is 0.300 e. The highest BCUT2D eigenvalue weighted by Crippen LogP contribution is 2.44. The highest BCUT2D eigenvalue weighted by atomic mass is 16.6. The molecule has 0 bridgehead atoms. The predicted octanol–water partition coefficient (Wildman–Crippen LogP) is 3.94. The first-order chi connectivity index (χ1) is 16.8. The Balaban J connectivity index is 1.92. The summed E-state index contributed by atoms with van der Waals surface area (Å²) in [6.45, 7) is 0. The fraction of sp³-hybridized carbons (Fsp3) is 0.120. The zero-order valence-corrected chi connectivity index (χ0v) is 18.7. The number of nitro groups is 1.